The van der Waals surface area contributed by atoms with Gasteiger partial charge in [0, 0.05) is 51.2 Å². The Hall–Kier alpha value is -6.78. The number of benzene rings is 6. The van der Waals surface area contributed by atoms with E-state index in [1.807, 2.05) is 0 Å². The van der Waals surface area contributed by atoms with E-state index in [9.17, 15) is 0 Å². The lowest BCUT2D eigenvalue weighted by Gasteiger charge is -2.47. The summed E-state index contributed by atoms with van der Waals surface area (Å²) in [7, 11) is 0. The van der Waals surface area contributed by atoms with E-state index in [0.29, 0.717) is 0 Å². The number of rotatable bonds is 10. The van der Waals surface area contributed by atoms with Crippen LogP contribution in [-0.4, -0.2) is 6.71 Å². The Bertz CT molecular complexity index is 3180. The van der Waals surface area contributed by atoms with Crippen LogP contribution in [0.3, 0.4) is 0 Å². The smallest absolute Gasteiger partial charge is 0.247 e. The van der Waals surface area contributed by atoms with Crippen molar-refractivity contribution in [1.29, 1.82) is 0 Å². The quantitative estimate of drug-likeness (QED) is 0.100. The molecule has 2 aliphatic heterocycles. The second-order valence-corrected chi connectivity index (χ2v) is 23.4. The molecule has 71 heavy (non-hydrogen) atoms. The maximum Gasteiger partial charge on any atom is 0.247 e. The summed E-state index contributed by atoms with van der Waals surface area (Å²) in [5.74, 6) is 0. The van der Waals surface area contributed by atoms with Crippen LogP contribution in [0.25, 0.3) is 16.7 Å². The summed E-state index contributed by atoms with van der Waals surface area (Å²) in [5, 5.41) is 0. The number of hydrogen-bond acceptors (Lipinski definition) is 3. The lowest BCUT2D eigenvalue weighted by atomic mass is 9.32. The molecule has 4 aliphatic rings. The first-order valence-corrected chi connectivity index (χ1v) is 26.1. The second-order valence-electron chi connectivity index (χ2n) is 23.4. The second kappa shape index (κ2) is 18.8. The summed E-state index contributed by atoms with van der Waals surface area (Å²) in [6, 6.07) is 52.2. The number of para-hydroxylation sites is 1. The Morgan fingerprint density at radius 1 is 0.648 bits per heavy atom. The van der Waals surface area contributed by atoms with Gasteiger partial charge in [-0.05, 0) is 174 Å². The fraction of sp³-hybridized carbons (Fsp3) is 0.284. The van der Waals surface area contributed by atoms with Crippen molar-refractivity contribution in [1.82, 2.24) is 0 Å². The molecule has 6 aromatic carbocycles. The van der Waals surface area contributed by atoms with Crippen LogP contribution in [0.15, 0.2) is 204 Å². The van der Waals surface area contributed by atoms with E-state index in [2.05, 4.69) is 267 Å². The van der Waals surface area contributed by atoms with Crippen LogP contribution in [0.5, 0.6) is 0 Å². The van der Waals surface area contributed by atoms with Gasteiger partial charge in [0.2, 0.25) is 6.71 Å². The summed E-state index contributed by atoms with van der Waals surface area (Å²) < 4.78 is 0. The van der Waals surface area contributed by atoms with Gasteiger partial charge in [0.1, 0.15) is 0 Å². The third-order valence-corrected chi connectivity index (χ3v) is 15.2. The fourth-order valence-corrected chi connectivity index (χ4v) is 12.3. The maximum absolute atomic E-state index is 2.68. The van der Waals surface area contributed by atoms with Gasteiger partial charge in [0.05, 0.1) is 0 Å². The van der Waals surface area contributed by atoms with E-state index >= 15 is 0 Å². The molecule has 0 spiro atoms. The maximum atomic E-state index is 2.68. The number of hydrogen-bond donors (Lipinski definition) is 0. The van der Waals surface area contributed by atoms with E-state index in [4.69, 9.17) is 0 Å². The Labute approximate surface area is 426 Å². The molecule has 10 rings (SSSR count). The van der Waals surface area contributed by atoms with Crippen molar-refractivity contribution in [2.45, 2.75) is 108 Å². The number of anilines is 6. The van der Waals surface area contributed by atoms with Crippen LogP contribution in [-0.2, 0) is 0 Å². The average molecular weight is 930 g/mol. The number of allylic oxidation sites excluding steroid dienone is 11. The summed E-state index contributed by atoms with van der Waals surface area (Å²) in [6.07, 6.45) is 19.4. The molecular weight excluding hydrogens is 858 g/mol. The predicted octanol–water partition coefficient (Wildman–Crippen LogP) is 17.6. The molecule has 2 heterocycles. The van der Waals surface area contributed by atoms with Crippen molar-refractivity contribution in [3.05, 3.63) is 221 Å². The molecule has 0 unspecified atom stereocenters. The first-order valence-electron chi connectivity index (χ1n) is 26.1. The van der Waals surface area contributed by atoms with Crippen molar-refractivity contribution in [2.75, 3.05) is 14.7 Å². The SMILES string of the molecule is C/C(=C\C=C(/c1ccccc1)C(C)(C)C)N1c2cc(N(C3=CC=CCC3)c3ccccc3)ccc2B2C3=C(C=C(C(C)(C)CC(C)(C)C)CC3)N(c3cc(-c4ccccc4)ccc3C)c3cc(C)cc1c32. The summed E-state index contributed by atoms with van der Waals surface area (Å²) in [5.41, 5.74) is 24.7. The van der Waals surface area contributed by atoms with E-state index in [1.54, 1.807) is 5.57 Å². The predicted molar refractivity (Wildman–Crippen MR) is 308 cm³/mol. The molecule has 0 bridgehead atoms. The highest BCUT2D eigenvalue weighted by molar-refractivity contribution is 6.95. The number of aryl methyl sites for hydroxylation is 2. The summed E-state index contributed by atoms with van der Waals surface area (Å²) in [6.45, 7) is 26.1. The molecule has 0 fully saturated rings. The van der Waals surface area contributed by atoms with Gasteiger partial charge in [-0.2, -0.15) is 0 Å². The largest absolute Gasteiger partial charge is 0.315 e. The van der Waals surface area contributed by atoms with E-state index in [-0.39, 0.29) is 23.0 Å². The first-order chi connectivity index (χ1) is 34.0. The lowest BCUT2D eigenvalue weighted by molar-refractivity contribution is 0.244. The van der Waals surface area contributed by atoms with Gasteiger partial charge >= 0.3 is 0 Å². The van der Waals surface area contributed by atoms with Crippen LogP contribution in [0, 0.1) is 30.1 Å². The van der Waals surface area contributed by atoms with Crippen LogP contribution in [0.2, 0.25) is 0 Å². The molecule has 0 radical (unpaired) electrons. The molecular formula is C67H72BN3. The summed E-state index contributed by atoms with van der Waals surface area (Å²) >= 11 is 0. The Balaban J connectivity index is 1.26. The molecule has 6 aromatic rings. The van der Waals surface area contributed by atoms with Gasteiger partial charge in [-0.15, -0.1) is 0 Å². The highest BCUT2D eigenvalue weighted by atomic mass is 15.2. The van der Waals surface area contributed by atoms with Crippen molar-refractivity contribution in [2.24, 2.45) is 16.2 Å². The van der Waals surface area contributed by atoms with Crippen LogP contribution in [0.1, 0.15) is 111 Å². The van der Waals surface area contributed by atoms with Gasteiger partial charge in [-0.3, -0.25) is 0 Å². The molecule has 0 atom stereocenters. The zero-order valence-electron chi connectivity index (χ0n) is 44.2. The van der Waals surface area contributed by atoms with Crippen molar-refractivity contribution < 1.29 is 0 Å². The number of fused-ring (bicyclic) bond motifs is 3. The molecule has 0 aromatic heterocycles. The number of nitrogens with zero attached hydrogens (tertiary/aromatic N) is 3. The third-order valence-electron chi connectivity index (χ3n) is 15.2. The molecule has 0 N–H and O–H groups in total. The molecule has 0 saturated carbocycles. The summed E-state index contributed by atoms with van der Waals surface area (Å²) in [4.78, 5) is 7.78. The van der Waals surface area contributed by atoms with Gasteiger partial charge in [-0.1, -0.05) is 182 Å². The van der Waals surface area contributed by atoms with Crippen LogP contribution < -0.4 is 25.6 Å². The zero-order valence-corrected chi connectivity index (χ0v) is 44.2. The van der Waals surface area contributed by atoms with Gasteiger partial charge < -0.3 is 14.7 Å². The van der Waals surface area contributed by atoms with Gasteiger partial charge in [0.15, 0.2) is 0 Å². The normalized spacial score (nSPS) is 16.1. The molecule has 0 saturated heterocycles. The minimum absolute atomic E-state index is 0.0303. The van der Waals surface area contributed by atoms with E-state index in [0.717, 1.165) is 32.1 Å². The van der Waals surface area contributed by atoms with Gasteiger partial charge in [-0.25, -0.2) is 0 Å². The minimum Gasteiger partial charge on any atom is -0.315 e. The fourth-order valence-electron chi connectivity index (χ4n) is 12.3. The van der Waals surface area contributed by atoms with Crippen LogP contribution in [0.4, 0.5) is 34.1 Å². The molecule has 358 valence electrons. The third kappa shape index (κ3) is 9.35. The van der Waals surface area contributed by atoms with Gasteiger partial charge in [0.25, 0.3) is 0 Å². The van der Waals surface area contributed by atoms with Crippen LogP contribution >= 0.6 is 0 Å². The molecule has 4 heteroatoms. The molecule has 2 aliphatic carbocycles. The van der Waals surface area contributed by atoms with E-state index in [1.165, 1.54) is 101 Å². The lowest BCUT2D eigenvalue weighted by Crippen LogP contribution is -2.57. The topological polar surface area (TPSA) is 9.72 Å². The average Bonchev–Trinajstić information content (AvgIpc) is 3.34. The molecule has 3 nitrogen and oxygen atoms in total. The highest BCUT2D eigenvalue weighted by Gasteiger charge is 2.46. The Morgan fingerprint density at radius 2 is 1.34 bits per heavy atom. The zero-order chi connectivity index (χ0) is 49.8. The minimum atomic E-state index is -0.0681. The Morgan fingerprint density at radius 3 is 2.01 bits per heavy atom. The highest BCUT2D eigenvalue weighted by Crippen LogP contribution is 2.51. The molecule has 0 amide bonds. The van der Waals surface area contributed by atoms with E-state index < -0.39 is 0 Å². The van der Waals surface area contributed by atoms with Crippen molar-refractivity contribution >= 4 is 57.3 Å². The Kier molecular flexibility index (Phi) is 12.7. The monoisotopic (exact) mass is 930 g/mol. The standard InChI is InChI=1S/C67H72BN3/c1-46-40-62-64-63(41-46)71(59-42-51(34-32-47(59)2)49-24-16-12-17-25-49)60-43-52(67(10,11)45-65(4,5)6)35-38-57(60)68(64)58-39-36-55(70(53-28-20-14-21-29-53)54-30-22-15-23-31-54)44-61(58)69(62)48(3)33-37-56(66(7,8)9)50-26-18-13-19-27-50/h12-22,24-30,32-34,36-37,39-44H,23,31,35,38,45H2,1-11H3/b48-33+,56-37+. The van der Waals surface area contributed by atoms with Crippen molar-refractivity contribution in [3.63, 3.8) is 0 Å². The first kappa shape index (κ1) is 47.9. The van der Waals surface area contributed by atoms with Crippen molar-refractivity contribution in [3.8, 4) is 11.1 Å².